The van der Waals surface area contributed by atoms with E-state index in [0.29, 0.717) is 0 Å². The largest absolute Gasteiger partial charge is 0.302 e. The van der Waals surface area contributed by atoms with Crippen molar-refractivity contribution < 1.29 is 0 Å². The first kappa shape index (κ1) is 11.9. The lowest BCUT2D eigenvalue weighted by Gasteiger charge is -1.99. The molecule has 0 fully saturated rings. The number of hydrogen-bond donors (Lipinski definition) is 0. The number of nitriles is 1. The summed E-state index contributed by atoms with van der Waals surface area (Å²) in [6.45, 7) is 0.0848. The molecule has 2 rings (SSSR count). The van der Waals surface area contributed by atoms with Gasteiger partial charge < -0.3 is 4.57 Å². The Kier molecular flexibility index (Phi) is 3.72. The van der Waals surface area contributed by atoms with Gasteiger partial charge in [0.15, 0.2) is 0 Å². The van der Waals surface area contributed by atoms with Gasteiger partial charge in [-0.05, 0) is 17.2 Å². The Morgan fingerprint density at radius 1 is 1.11 bits per heavy atom. The van der Waals surface area contributed by atoms with E-state index < -0.39 is 0 Å². The van der Waals surface area contributed by atoms with Gasteiger partial charge in [-0.2, -0.15) is 5.26 Å². The minimum absolute atomic E-state index is 0.0848. The molecule has 0 saturated heterocycles. The molecule has 0 aliphatic rings. The van der Waals surface area contributed by atoms with E-state index in [1.807, 2.05) is 54.6 Å². The highest BCUT2D eigenvalue weighted by Gasteiger charge is 1.95. The molecular weight excluding hydrogens is 224 g/mol. The van der Waals surface area contributed by atoms with Gasteiger partial charge in [-0.15, -0.1) is 0 Å². The van der Waals surface area contributed by atoms with Crippen LogP contribution in [0.25, 0.3) is 12.2 Å². The topological polar surface area (TPSA) is 45.8 Å². The van der Waals surface area contributed by atoms with E-state index in [0.717, 1.165) is 11.1 Å². The molecule has 0 atom stereocenters. The average molecular weight is 236 g/mol. The quantitative estimate of drug-likeness (QED) is 0.822. The van der Waals surface area contributed by atoms with Crippen LogP contribution < -0.4 is 5.56 Å². The lowest BCUT2D eigenvalue weighted by molar-refractivity contribution is 0.787. The fourth-order valence-corrected chi connectivity index (χ4v) is 1.59. The monoisotopic (exact) mass is 236 g/mol. The van der Waals surface area contributed by atoms with Crippen LogP contribution in [0.1, 0.15) is 11.1 Å². The van der Waals surface area contributed by atoms with Gasteiger partial charge in [-0.1, -0.05) is 42.5 Å². The van der Waals surface area contributed by atoms with Gasteiger partial charge in [0.2, 0.25) is 0 Å². The molecule has 2 aromatic rings. The van der Waals surface area contributed by atoms with E-state index in [1.54, 1.807) is 6.20 Å². The van der Waals surface area contributed by atoms with Crippen LogP contribution in [0, 0.1) is 11.3 Å². The summed E-state index contributed by atoms with van der Waals surface area (Å²) >= 11 is 0. The predicted molar refractivity (Wildman–Crippen MR) is 71.7 cm³/mol. The van der Waals surface area contributed by atoms with Crippen LogP contribution in [0.5, 0.6) is 0 Å². The maximum Gasteiger partial charge on any atom is 0.252 e. The van der Waals surface area contributed by atoms with E-state index in [4.69, 9.17) is 5.26 Å². The standard InChI is InChI=1S/C15H12N2O/c16-9-11-17-10-8-14(12-15(17)18)7-6-13-4-2-1-3-5-13/h1-8,10,12H,11H2/b7-6+. The number of pyridine rings is 1. The van der Waals surface area contributed by atoms with Crippen molar-refractivity contribution in [1.82, 2.24) is 4.57 Å². The molecule has 1 aromatic carbocycles. The van der Waals surface area contributed by atoms with Gasteiger partial charge in [0, 0.05) is 12.3 Å². The van der Waals surface area contributed by atoms with E-state index in [-0.39, 0.29) is 12.1 Å². The van der Waals surface area contributed by atoms with Gasteiger partial charge in [0.1, 0.15) is 6.54 Å². The highest BCUT2D eigenvalue weighted by atomic mass is 16.1. The van der Waals surface area contributed by atoms with Crippen molar-refractivity contribution in [1.29, 1.82) is 5.26 Å². The van der Waals surface area contributed by atoms with Crippen LogP contribution in [-0.4, -0.2) is 4.57 Å². The van der Waals surface area contributed by atoms with Crippen molar-refractivity contribution in [2.75, 3.05) is 0 Å². The summed E-state index contributed by atoms with van der Waals surface area (Å²) in [4.78, 5) is 11.6. The smallest absolute Gasteiger partial charge is 0.252 e. The molecule has 18 heavy (non-hydrogen) atoms. The maximum absolute atomic E-state index is 11.6. The van der Waals surface area contributed by atoms with Crippen molar-refractivity contribution in [2.45, 2.75) is 6.54 Å². The minimum Gasteiger partial charge on any atom is -0.302 e. The van der Waals surface area contributed by atoms with Crippen LogP contribution in [0.3, 0.4) is 0 Å². The Hall–Kier alpha value is -2.60. The summed E-state index contributed by atoms with van der Waals surface area (Å²) in [5.74, 6) is 0. The first-order chi connectivity index (χ1) is 8.79. The number of benzene rings is 1. The van der Waals surface area contributed by atoms with E-state index in [9.17, 15) is 4.79 Å². The van der Waals surface area contributed by atoms with Crippen molar-refractivity contribution in [3.8, 4) is 6.07 Å². The Morgan fingerprint density at radius 3 is 2.50 bits per heavy atom. The molecule has 88 valence electrons. The summed E-state index contributed by atoms with van der Waals surface area (Å²) in [6, 6.07) is 15.2. The molecule has 0 aliphatic carbocycles. The molecule has 0 bridgehead atoms. The van der Waals surface area contributed by atoms with E-state index in [1.165, 1.54) is 10.6 Å². The molecule has 0 saturated carbocycles. The van der Waals surface area contributed by atoms with Crippen molar-refractivity contribution in [3.63, 3.8) is 0 Å². The molecule has 0 spiro atoms. The predicted octanol–water partition coefficient (Wildman–Crippen LogP) is 2.54. The number of hydrogen-bond acceptors (Lipinski definition) is 2. The second-order valence-electron chi connectivity index (χ2n) is 3.83. The molecule has 1 aromatic heterocycles. The van der Waals surface area contributed by atoms with Crippen molar-refractivity contribution in [2.24, 2.45) is 0 Å². The lowest BCUT2D eigenvalue weighted by atomic mass is 10.1. The summed E-state index contributed by atoms with van der Waals surface area (Å²) in [6.07, 6.45) is 5.47. The number of aromatic nitrogens is 1. The van der Waals surface area contributed by atoms with Crippen LogP contribution in [0.2, 0.25) is 0 Å². The lowest BCUT2D eigenvalue weighted by Crippen LogP contribution is -2.17. The second kappa shape index (κ2) is 5.65. The number of nitrogens with zero attached hydrogens (tertiary/aromatic N) is 2. The normalized spacial score (nSPS) is 10.4. The van der Waals surface area contributed by atoms with Gasteiger partial charge >= 0.3 is 0 Å². The summed E-state index contributed by atoms with van der Waals surface area (Å²) in [5, 5.41) is 8.54. The van der Waals surface area contributed by atoms with Crippen molar-refractivity contribution >= 4 is 12.2 Å². The van der Waals surface area contributed by atoms with E-state index >= 15 is 0 Å². The van der Waals surface area contributed by atoms with Crippen molar-refractivity contribution in [3.05, 3.63) is 70.1 Å². The van der Waals surface area contributed by atoms with Gasteiger partial charge in [0.05, 0.1) is 6.07 Å². The van der Waals surface area contributed by atoms with E-state index in [2.05, 4.69) is 0 Å². The van der Waals surface area contributed by atoms with Crippen LogP contribution in [0.4, 0.5) is 0 Å². The molecule has 0 N–H and O–H groups in total. The average Bonchev–Trinajstić information content (AvgIpc) is 2.41. The molecule has 1 heterocycles. The molecule has 0 amide bonds. The molecule has 0 unspecified atom stereocenters. The zero-order valence-corrected chi connectivity index (χ0v) is 9.78. The Morgan fingerprint density at radius 2 is 1.83 bits per heavy atom. The fraction of sp³-hybridized carbons (Fsp3) is 0.0667. The third-order valence-electron chi connectivity index (χ3n) is 2.53. The molecule has 0 aliphatic heterocycles. The minimum atomic E-state index is -0.160. The maximum atomic E-state index is 11.6. The summed E-state index contributed by atoms with van der Waals surface area (Å²) in [5.41, 5.74) is 1.75. The Balaban J connectivity index is 2.21. The van der Waals surface area contributed by atoms with Gasteiger partial charge in [0.25, 0.3) is 5.56 Å². The SMILES string of the molecule is N#CCn1ccc(/C=C/c2ccccc2)cc1=O. The summed E-state index contributed by atoms with van der Waals surface area (Å²) in [7, 11) is 0. The van der Waals surface area contributed by atoms with Crippen LogP contribution in [-0.2, 0) is 6.54 Å². The highest BCUT2D eigenvalue weighted by Crippen LogP contribution is 2.06. The highest BCUT2D eigenvalue weighted by molar-refractivity contribution is 5.69. The Labute approximate surface area is 105 Å². The number of rotatable bonds is 3. The molecular formula is C15H12N2O. The van der Waals surface area contributed by atoms with Gasteiger partial charge in [-0.25, -0.2) is 0 Å². The molecule has 3 nitrogen and oxygen atoms in total. The summed E-state index contributed by atoms with van der Waals surface area (Å²) < 4.78 is 1.37. The third-order valence-corrected chi connectivity index (χ3v) is 2.53. The van der Waals surface area contributed by atoms with Crippen LogP contribution >= 0.6 is 0 Å². The Bertz CT molecular complexity index is 648. The third kappa shape index (κ3) is 2.96. The molecule has 0 radical (unpaired) electrons. The van der Waals surface area contributed by atoms with Gasteiger partial charge in [-0.3, -0.25) is 4.79 Å². The zero-order chi connectivity index (χ0) is 12.8. The molecule has 3 heteroatoms. The zero-order valence-electron chi connectivity index (χ0n) is 9.78. The first-order valence-corrected chi connectivity index (χ1v) is 5.60. The van der Waals surface area contributed by atoms with Crippen LogP contribution in [0.15, 0.2) is 53.5 Å². The fourth-order valence-electron chi connectivity index (χ4n) is 1.59. The second-order valence-corrected chi connectivity index (χ2v) is 3.83. The first-order valence-electron chi connectivity index (χ1n) is 5.60.